The van der Waals surface area contributed by atoms with Gasteiger partial charge in [-0.1, -0.05) is 48.5 Å². The molecule has 4 heterocycles. The van der Waals surface area contributed by atoms with E-state index in [1.807, 2.05) is 87.5 Å². The topological polar surface area (TPSA) is 102 Å². The Morgan fingerprint density at radius 1 is 1.00 bits per heavy atom. The van der Waals surface area contributed by atoms with Gasteiger partial charge in [-0.2, -0.15) is 5.10 Å². The lowest BCUT2D eigenvalue weighted by molar-refractivity contribution is -0.134. The lowest BCUT2D eigenvalue weighted by atomic mass is 10.0. The second-order valence-corrected chi connectivity index (χ2v) is 12.1. The fourth-order valence-electron chi connectivity index (χ4n) is 6.10. The summed E-state index contributed by atoms with van der Waals surface area (Å²) in [6.07, 6.45) is 3.34. The Kier molecular flexibility index (Phi) is 6.62. The largest absolute Gasteiger partial charge is 0.342 e. The number of carbonyl (C=O) groups excluding carboxylic acids is 3. The Balaban J connectivity index is 0.00000316. The first-order valence-electron chi connectivity index (χ1n) is 13.9. The normalized spacial score (nSPS) is 21.3. The molecule has 1 aromatic heterocycles. The van der Waals surface area contributed by atoms with Gasteiger partial charge in [0.2, 0.25) is 11.8 Å². The first kappa shape index (κ1) is 25.6. The van der Waals surface area contributed by atoms with E-state index >= 15 is 0 Å². The van der Waals surface area contributed by atoms with Crippen molar-refractivity contribution in [2.24, 2.45) is 0 Å². The molecule has 10 heteroatoms. The predicted molar refractivity (Wildman–Crippen MR) is 161 cm³/mol. The maximum atomic E-state index is 13.8. The predicted octanol–water partition coefficient (Wildman–Crippen LogP) is 5.38. The summed E-state index contributed by atoms with van der Waals surface area (Å²) in [5.74, 6) is -0.0692. The van der Waals surface area contributed by atoms with E-state index in [-0.39, 0.29) is 37.1 Å². The third kappa shape index (κ3) is 4.82. The minimum absolute atomic E-state index is 0. The SMILES string of the molecule is O=C(CC1SC(c2ccccc2)N(c2ccc3[nH]ncc3c2)C1=O)N1CCC(N2Cc3ccccc3NC2=O)CC1.[HH]. The molecule has 0 radical (unpaired) electrons. The third-order valence-corrected chi connectivity index (χ3v) is 9.74. The minimum Gasteiger partial charge on any atom is -0.342 e. The van der Waals surface area contributed by atoms with Gasteiger partial charge in [-0.15, -0.1) is 11.8 Å². The van der Waals surface area contributed by atoms with E-state index in [4.69, 9.17) is 0 Å². The van der Waals surface area contributed by atoms with Crippen molar-refractivity contribution in [1.82, 2.24) is 20.0 Å². The number of urea groups is 1. The van der Waals surface area contributed by atoms with Crippen LogP contribution < -0.4 is 10.2 Å². The molecule has 9 nitrogen and oxygen atoms in total. The Labute approximate surface area is 243 Å². The fraction of sp³-hybridized carbons (Fsp3) is 0.290. The smallest absolute Gasteiger partial charge is 0.322 e. The number of benzene rings is 3. The molecule has 3 aliphatic rings. The number of rotatable bonds is 5. The third-order valence-electron chi connectivity index (χ3n) is 8.31. The second kappa shape index (κ2) is 10.6. The van der Waals surface area contributed by atoms with Crippen molar-refractivity contribution in [3.05, 3.63) is 90.1 Å². The first-order chi connectivity index (χ1) is 20.0. The minimum atomic E-state index is -0.477. The molecule has 4 amide bonds. The van der Waals surface area contributed by atoms with Gasteiger partial charge in [-0.25, -0.2) is 4.79 Å². The first-order valence-corrected chi connectivity index (χ1v) is 14.9. The average Bonchev–Trinajstić information content (AvgIpc) is 3.61. The molecule has 2 N–H and O–H groups in total. The molecule has 4 aromatic rings. The molecule has 3 aliphatic heterocycles. The number of amides is 4. The lowest BCUT2D eigenvalue weighted by Gasteiger charge is -2.40. The number of nitrogens with zero attached hydrogens (tertiary/aromatic N) is 4. The van der Waals surface area contributed by atoms with Crippen molar-refractivity contribution in [3.8, 4) is 0 Å². The number of aromatic amines is 1. The number of H-pyrrole nitrogens is 1. The molecular weight excluding hydrogens is 536 g/mol. The Morgan fingerprint density at radius 3 is 2.61 bits per heavy atom. The summed E-state index contributed by atoms with van der Waals surface area (Å²) in [6.45, 7) is 1.72. The lowest BCUT2D eigenvalue weighted by Crippen LogP contribution is -2.51. The number of thioether (sulfide) groups is 1. The van der Waals surface area contributed by atoms with Crippen LogP contribution in [0.15, 0.2) is 79.0 Å². The van der Waals surface area contributed by atoms with Crippen LogP contribution in [0.25, 0.3) is 10.9 Å². The highest BCUT2D eigenvalue weighted by Gasteiger charge is 2.43. The zero-order valence-electron chi connectivity index (χ0n) is 22.4. The van der Waals surface area contributed by atoms with Crippen LogP contribution in [0.5, 0.6) is 0 Å². The van der Waals surface area contributed by atoms with E-state index in [1.54, 1.807) is 6.20 Å². The number of carbonyl (C=O) groups is 3. The van der Waals surface area contributed by atoms with E-state index in [2.05, 4.69) is 15.5 Å². The molecule has 0 saturated carbocycles. The number of aromatic nitrogens is 2. The highest BCUT2D eigenvalue weighted by Crippen LogP contribution is 2.47. The average molecular weight is 569 g/mol. The van der Waals surface area contributed by atoms with Gasteiger partial charge < -0.3 is 15.1 Å². The van der Waals surface area contributed by atoms with E-state index in [9.17, 15) is 14.4 Å². The number of nitrogens with one attached hydrogen (secondary N) is 2. The summed E-state index contributed by atoms with van der Waals surface area (Å²) >= 11 is 1.54. The van der Waals surface area contributed by atoms with Gasteiger partial charge in [0.15, 0.2) is 0 Å². The van der Waals surface area contributed by atoms with E-state index < -0.39 is 5.25 Å². The molecule has 0 bridgehead atoms. The van der Waals surface area contributed by atoms with E-state index in [0.717, 1.165) is 46.2 Å². The molecule has 0 aliphatic carbocycles. The van der Waals surface area contributed by atoms with Gasteiger partial charge in [-0.05, 0) is 48.2 Å². The van der Waals surface area contributed by atoms with Crippen molar-refractivity contribution in [3.63, 3.8) is 0 Å². The summed E-state index contributed by atoms with van der Waals surface area (Å²) in [4.78, 5) is 45.7. The second-order valence-electron chi connectivity index (χ2n) is 10.8. The summed E-state index contributed by atoms with van der Waals surface area (Å²) in [5.41, 5.74) is 4.70. The van der Waals surface area contributed by atoms with Crippen LogP contribution in [-0.2, 0) is 16.1 Å². The van der Waals surface area contributed by atoms with Crippen molar-refractivity contribution in [1.29, 1.82) is 0 Å². The van der Waals surface area contributed by atoms with Crippen LogP contribution >= 0.6 is 11.8 Å². The van der Waals surface area contributed by atoms with Crippen molar-refractivity contribution in [2.45, 2.75) is 42.5 Å². The van der Waals surface area contributed by atoms with E-state index in [1.165, 1.54) is 11.8 Å². The molecule has 2 atom stereocenters. The zero-order valence-corrected chi connectivity index (χ0v) is 23.2. The van der Waals surface area contributed by atoms with Gasteiger partial charge in [0.25, 0.3) is 0 Å². The molecule has 3 aromatic carbocycles. The molecule has 41 heavy (non-hydrogen) atoms. The fourth-order valence-corrected chi connectivity index (χ4v) is 7.54. The van der Waals surface area contributed by atoms with Crippen LogP contribution in [0, 0.1) is 0 Å². The number of likely N-dealkylation sites (tertiary alicyclic amines) is 1. The van der Waals surface area contributed by atoms with Gasteiger partial charge in [0, 0.05) is 50.3 Å². The molecule has 2 unspecified atom stereocenters. The van der Waals surface area contributed by atoms with Crippen LogP contribution in [0.2, 0.25) is 0 Å². The Bertz CT molecular complexity index is 1620. The number of para-hydroxylation sites is 1. The van der Waals surface area contributed by atoms with Gasteiger partial charge in [-0.3, -0.25) is 19.6 Å². The van der Waals surface area contributed by atoms with Crippen molar-refractivity contribution >= 4 is 51.9 Å². The molecule has 2 saturated heterocycles. The Morgan fingerprint density at radius 2 is 1.78 bits per heavy atom. The maximum absolute atomic E-state index is 13.8. The maximum Gasteiger partial charge on any atom is 0.322 e. The Hall–Kier alpha value is -4.31. The number of hydrogen-bond donors (Lipinski definition) is 2. The molecule has 7 rings (SSSR count). The summed E-state index contributed by atoms with van der Waals surface area (Å²) in [5, 5.41) is 10.3. The zero-order chi connectivity index (χ0) is 27.9. The highest BCUT2D eigenvalue weighted by atomic mass is 32.2. The van der Waals surface area contributed by atoms with Crippen LogP contribution in [0.1, 0.15) is 37.2 Å². The number of piperidine rings is 1. The summed E-state index contributed by atoms with van der Waals surface area (Å²) in [7, 11) is 0. The molecule has 0 spiro atoms. The van der Waals surface area contributed by atoms with E-state index in [0.29, 0.717) is 19.6 Å². The van der Waals surface area contributed by atoms with Gasteiger partial charge in [0.05, 0.1) is 17.0 Å². The number of hydrogen-bond acceptors (Lipinski definition) is 5. The molecular formula is C31H32N6O3S. The van der Waals surface area contributed by atoms with Gasteiger partial charge >= 0.3 is 6.03 Å². The quantitative estimate of drug-likeness (QED) is 0.336. The number of fused-ring (bicyclic) bond motifs is 2. The van der Waals surface area contributed by atoms with Crippen LogP contribution in [0.3, 0.4) is 0 Å². The van der Waals surface area contributed by atoms with Crippen LogP contribution in [0.4, 0.5) is 16.2 Å². The summed E-state index contributed by atoms with van der Waals surface area (Å²) in [6, 6.07) is 23.7. The van der Waals surface area contributed by atoms with Gasteiger partial charge in [0.1, 0.15) is 5.37 Å². The van der Waals surface area contributed by atoms with Crippen molar-refractivity contribution in [2.75, 3.05) is 23.3 Å². The molecule has 210 valence electrons. The monoisotopic (exact) mass is 568 g/mol. The molecule has 2 fully saturated rings. The standard InChI is InChI=1S/C31H30N6O3S.H2/c38-28(35-14-12-23(13-15-35)36-19-21-8-4-5-9-25(21)33-31(36)40)17-27-29(39)37(30(41-27)20-6-2-1-3-7-20)24-10-11-26-22(16-24)18-32-34-26;/h1-11,16,18,23,27,30H,12-15,17,19H2,(H,32,34)(H,33,40);1H. The van der Waals surface area contributed by atoms with Crippen LogP contribution in [-0.4, -0.2) is 62.2 Å². The highest BCUT2D eigenvalue weighted by molar-refractivity contribution is 8.01. The number of anilines is 2. The van der Waals surface area contributed by atoms with Crippen molar-refractivity contribution < 1.29 is 15.8 Å². The summed E-state index contributed by atoms with van der Waals surface area (Å²) < 4.78 is 0.